The molecule has 0 radical (unpaired) electrons. The number of fused-ring (bicyclic) bond motifs is 6. The van der Waals surface area contributed by atoms with Crippen LogP contribution < -0.4 is 20.3 Å². The molecule has 0 spiro atoms. The summed E-state index contributed by atoms with van der Waals surface area (Å²) in [6.45, 7) is 2.39. The van der Waals surface area contributed by atoms with Crippen molar-refractivity contribution < 1.29 is 29.1 Å². The third kappa shape index (κ3) is 4.34. The lowest BCUT2D eigenvalue weighted by molar-refractivity contribution is -0.129. The second-order valence-corrected chi connectivity index (χ2v) is 11.5. The Balaban J connectivity index is 1.12. The Labute approximate surface area is 217 Å². The monoisotopic (exact) mass is 503 g/mol. The number of hydrogen-bond donors (Lipinski definition) is 3. The third-order valence-electron chi connectivity index (χ3n) is 9.53. The van der Waals surface area contributed by atoms with Crippen LogP contribution in [0.25, 0.3) is 0 Å². The quantitative estimate of drug-likeness (QED) is 0.521. The van der Waals surface area contributed by atoms with Crippen LogP contribution >= 0.6 is 0 Å². The van der Waals surface area contributed by atoms with Crippen LogP contribution in [0.2, 0.25) is 0 Å². The van der Waals surface area contributed by atoms with E-state index in [1.165, 1.54) is 11.1 Å². The van der Waals surface area contributed by atoms with Gasteiger partial charge in [0.15, 0.2) is 11.5 Å². The van der Waals surface area contributed by atoms with Gasteiger partial charge in [-0.3, -0.25) is 9.59 Å². The Morgan fingerprint density at radius 2 is 1.97 bits per heavy atom. The molecule has 2 aromatic rings. The van der Waals surface area contributed by atoms with Gasteiger partial charge in [-0.05, 0) is 90.9 Å². The van der Waals surface area contributed by atoms with Gasteiger partial charge in [-0.25, -0.2) is 0 Å². The normalized spacial score (nSPS) is 29.3. The molecule has 1 amide bonds. The van der Waals surface area contributed by atoms with Crippen molar-refractivity contribution in [2.45, 2.75) is 64.2 Å². The summed E-state index contributed by atoms with van der Waals surface area (Å²) >= 11 is 0. The van der Waals surface area contributed by atoms with E-state index in [0.29, 0.717) is 64.9 Å². The van der Waals surface area contributed by atoms with Crippen LogP contribution in [0, 0.1) is 23.2 Å². The number of rotatable bonds is 6. The summed E-state index contributed by atoms with van der Waals surface area (Å²) in [6, 6.07) is 11.3. The van der Waals surface area contributed by atoms with E-state index in [1.54, 1.807) is 12.1 Å². The van der Waals surface area contributed by atoms with Crippen LogP contribution in [-0.4, -0.2) is 35.6 Å². The van der Waals surface area contributed by atoms with Gasteiger partial charge >= 0.3 is 7.12 Å². The van der Waals surface area contributed by atoms with E-state index >= 15 is 0 Å². The highest BCUT2D eigenvalue weighted by Crippen LogP contribution is 2.62. The number of carbonyl (C=O) groups excluding carboxylic acids is 2. The van der Waals surface area contributed by atoms with Crippen molar-refractivity contribution in [3.63, 3.8) is 0 Å². The molecule has 3 aliphatic carbocycles. The van der Waals surface area contributed by atoms with Gasteiger partial charge in [0.1, 0.15) is 5.78 Å². The lowest BCUT2D eigenvalue weighted by atomic mass is 9.53. The molecule has 6 rings (SSSR count). The largest absolute Gasteiger partial charge is 0.488 e. The lowest BCUT2D eigenvalue weighted by Crippen LogP contribution is -2.44. The summed E-state index contributed by atoms with van der Waals surface area (Å²) in [6.07, 6.45) is 6.52. The molecule has 0 saturated heterocycles. The van der Waals surface area contributed by atoms with Crippen LogP contribution in [-0.2, 0) is 16.0 Å². The fourth-order valence-corrected chi connectivity index (χ4v) is 7.81. The highest BCUT2D eigenvalue weighted by atomic mass is 16.7. The van der Waals surface area contributed by atoms with Gasteiger partial charge in [-0.2, -0.15) is 0 Å². The van der Waals surface area contributed by atoms with Gasteiger partial charge in [0.05, 0.1) is 0 Å². The van der Waals surface area contributed by atoms with E-state index < -0.39 is 7.12 Å². The molecule has 8 heteroatoms. The Kier molecular flexibility index (Phi) is 6.28. The molecular weight excluding hydrogens is 469 g/mol. The van der Waals surface area contributed by atoms with Crippen LogP contribution in [0.3, 0.4) is 0 Å². The third-order valence-corrected chi connectivity index (χ3v) is 9.53. The molecule has 194 valence electrons. The van der Waals surface area contributed by atoms with Crippen molar-refractivity contribution in [1.29, 1.82) is 0 Å². The first-order chi connectivity index (χ1) is 17.8. The maximum Gasteiger partial charge on any atom is 0.488 e. The van der Waals surface area contributed by atoms with Crippen LogP contribution in [0.5, 0.6) is 11.5 Å². The van der Waals surface area contributed by atoms with Gasteiger partial charge < -0.3 is 24.8 Å². The molecule has 5 atom stereocenters. The Morgan fingerprint density at radius 1 is 1.14 bits per heavy atom. The molecule has 1 aliphatic heterocycles. The van der Waals surface area contributed by atoms with Crippen molar-refractivity contribution in [3.8, 4) is 11.5 Å². The van der Waals surface area contributed by atoms with Gasteiger partial charge in [0.25, 0.3) is 0 Å². The average molecular weight is 503 g/mol. The van der Waals surface area contributed by atoms with E-state index in [4.69, 9.17) is 9.47 Å². The smallest absolute Gasteiger partial charge is 0.454 e. The minimum atomic E-state index is -1.45. The molecule has 4 aliphatic rings. The van der Waals surface area contributed by atoms with E-state index in [-0.39, 0.29) is 18.1 Å². The molecule has 2 aromatic carbocycles. The van der Waals surface area contributed by atoms with E-state index in [9.17, 15) is 19.6 Å². The second kappa shape index (κ2) is 9.48. The maximum absolute atomic E-state index is 13.3. The first kappa shape index (κ1) is 24.5. The molecule has 0 aromatic heterocycles. The minimum absolute atomic E-state index is 0.0269. The summed E-state index contributed by atoms with van der Waals surface area (Å²) in [5, 5.41) is 22.2. The second-order valence-electron chi connectivity index (χ2n) is 11.5. The summed E-state index contributed by atoms with van der Waals surface area (Å²) in [7, 11) is -1.45. The van der Waals surface area contributed by atoms with Crippen molar-refractivity contribution in [2.24, 2.45) is 23.2 Å². The zero-order chi connectivity index (χ0) is 25.7. The van der Waals surface area contributed by atoms with E-state index in [1.807, 2.05) is 18.2 Å². The van der Waals surface area contributed by atoms with Gasteiger partial charge in [0.2, 0.25) is 12.7 Å². The minimum Gasteiger partial charge on any atom is -0.454 e. The van der Waals surface area contributed by atoms with Crippen LogP contribution in [0.1, 0.15) is 68.9 Å². The topological polar surface area (TPSA) is 105 Å². The predicted molar refractivity (Wildman–Crippen MR) is 140 cm³/mol. The number of anilines is 1. The van der Waals surface area contributed by atoms with Crippen molar-refractivity contribution in [1.82, 2.24) is 0 Å². The number of benzene rings is 2. The molecule has 2 fully saturated rings. The Bertz CT molecular complexity index is 1230. The molecule has 37 heavy (non-hydrogen) atoms. The van der Waals surface area contributed by atoms with Crippen molar-refractivity contribution >= 4 is 30.0 Å². The van der Waals surface area contributed by atoms with Gasteiger partial charge in [-0.15, -0.1) is 0 Å². The summed E-state index contributed by atoms with van der Waals surface area (Å²) < 4.78 is 10.7. The first-order valence-corrected chi connectivity index (χ1v) is 13.5. The molecule has 2 saturated carbocycles. The molecule has 7 nitrogen and oxygen atoms in total. The summed E-state index contributed by atoms with van der Waals surface area (Å²) in [5.74, 6) is 3.22. The molecule has 1 heterocycles. The fourth-order valence-electron chi connectivity index (χ4n) is 7.81. The summed E-state index contributed by atoms with van der Waals surface area (Å²) in [5.41, 5.74) is 3.52. The molecular formula is C29H34BNO6. The first-order valence-electron chi connectivity index (χ1n) is 13.5. The van der Waals surface area contributed by atoms with Gasteiger partial charge in [-0.1, -0.05) is 25.1 Å². The molecule has 3 N–H and O–H groups in total. The lowest BCUT2D eigenvalue weighted by Gasteiger charge is -2.50. The predicted octanol–water partition coefficient (Wildman–Crippen LogP) is 3.56. The van der Waals surface area contributed by atoms with E-state index in [0.717, 1.165) is 38.5 Å². The molecule has 0 bridgehead atoms. The number of nitrogens with one attached hydrogen (secondary N) is 1. The number of amides is 1. The van der Waals surface area contributed by atoms with E-state index in [2.05, 4.69) is 18.3 Å². The highest BCUT2D eigenvalue weighted by molar-refractivity contribution is 6.58. The van der Waals surface area contributed by atoms with Crippen molar-refractivity contribution in [3.05, 3.63) is 47.5 Å². The maximum atomic E-state index is 13.3. The standard InChI is InChI=1S/C29H34BNO6/c1-29-12-11-22-21-9-6-19(30(34)35)13-17(21)5-8-23(22)28(29)18(14-26(29)32)3-2-4-27(33)31-20-7-10-24-25(15-20)37-16-36-24/h6-7,9-10,13,15,18,22-23,28,34-35H,2-5,8,11-12,14,16H2,1H3,(H,31,33)/t18-,22+,23+,28-,29+/m0/s1. The number of ether oxygens (including phenoxy) is 2. The van der Waals surface area contributed by atoms with Crippen LogP contribution in [0.15, 0.2) is 36.4 Å². The SMILES string of the molecule is C[C@]12CC[C@@H]3c4ccc(B(O)O)cc4CC[C@H]3[C@@H]1[C@@H](CCCC(=O)Nc1ccc3c(c1)OCO3)CC2=O. The zero-order valence-corrected chi connectivity index (χ0v) is 21.2. The zero-order valence-electron chi connectivity index (χ0n) is 21.2. The number of Topliss-reactive ketones (excluding diaryl/α,β-unsaturated/α-hetero) is 1. The highest BCUT2D eigenvalue weighted by Gasteiger charge is 2.58. The molecule has 0 unspecified atom stereocenters. The Morgan fingerprint density at radius 3 is 2.81 bits per heavy atom. The number of hydrogen-bond acceptors (Lipinski definition) is 6. The average Bonchev–Trinajstić information content (AvgIpc) is 3.45. The Hall–Kier alpha value is -2.84. The van der Waals surface area contributed by atoms with Gasteiger partial charge in [0, 0.05) is 30.0 Å². The number of aryl methyl sites for hydroxylation is 1. The summed E-state index contributed by atoms with van der Waals surface area (Å²) in [4.78, 5) is 25.9. The van der Waals surface area contributed by atoms with Crippen LogP contribution in [0.4, 0.5) is 5.69 Å². The van der Waals surface area contributed by atoms with Crippen molar-refractivity contribution in [2.75, 3.05) is 12.1 Å². The number of ketones is 1. The number of carbonyl (C=O) groups is 2. The fraction of sp³-hybridized carbons (Fsp3) is 0.517.